The molecular formula is C26H22BrClN4O3S. The Bertz CT molecular complexity index is 1390. The molecule has 0 bridgehead atoms. The van der Waals surface area contributed by atoms with E-state index in [0.717, 1.165) is 28.9 Å². The Morgan fingerprint density at radius 1 is 1.00 bits per heavy atom. The van der Waals surface area contributed by atoms with E-state index in [4.69, 9.17) is 16.0 Å². The monoisotopic (exact) mass is 584 g/mol. The number of fused-ring (bicyclic) bond motifs is 1. The minimum absolute atomic E-state index is 0.0553. The molecule has 0 saturated carbocycles. The van der Waals surface area contributed by atoms with Crippen molar-refractivity contribution in [2.75, 3.05) is 42.1 Å². The first-order chi connectivity index (χ1) is 17.4. The molecule has 0 aliphatic carbocycles. The number of rotatable bonds is 6. The molecule has 1 aliphatic rings. The number of oxazole rings is 1. The molecule has 1 saturated heterocycles. The van der Waals surface area contributed by atoms with Crippen LogP contribution < -0.4 is 10.2 Å². The number of thioether (sulfide) groups is 1. The summed E-state index contributed by atoms with van der Waals surface area (Å²) in [7, 11) is 0. The van der Waals surface area contributed by atoms with E-state index in [2.05, 4.69) is 31.1 Å². The normalized spacial score (nSPS) is 13.7. The van der Waals surface area contributed by atoms with Gasteiger partial charge in [0.05, 0.1) is 5.75 Å². The number of amides is 2. The number of nitrogens with zero attached hydrogens (tertiary/aromatic N) is 3. The fraction of sp³-hybridized carbons (Fsp3) is 0.192. The Balaban J connectivity index is 1.10. The van der Waals surface area contributed by atoms with Gasteiger partial charge in [-0.15, -0.1) is 0 Å². The summed E-state index contributed by atoms with van der Waals surface area (Å²) >= 11 is 10.6. The van der Waals surface area contributed by atoms with Crippen molar-refractivity contribution in [3.05, 3.63) is 81.8 Å². The van der Waals surface area contributed by atoms with E-state index in [9.17, 15) is 9.59 Å². The lowest BCUT2D eigenvalue weighted by Crippen LogP contribution is -2.48. The zero-order chi connectivity index (χ0) is 25.1. The molecular weight excluding hydrogens is 564 g/mol. The van der Waals surface area contributed by atoms with Crippen LogP contribution in [0.1, 0.15) is 10.4 Å². The number of carbonyl (C=O) groups excluding carboxylic acids is 2. The first-order valence-corrected chi connectivity index (χ1v) is 13.5. The predicted molar refractivity (Wildman–Crippen MR) is 147 cm³/mol. The molecule has 4 aromatic rings. The average molecular weight is 586 g/mol. The van der Waals surface area contributed by atoms with Gasteiger partial charge in [0.25, 0.3) is 11.1 Å². The molecule has 3 aromatic carbocycles. The molecule has 0 radical (unpaired) electrons. The second-order valence-corrected chi connectivity index (χ2v) is 10.5. The Morgan fingerprint density at radius 2 is 1.72 bits per heavy atom. The lowest BCUT2D eigenvalue weighted by Gasteiger charge is -2.36. The van der Waals surface area contributed by atoms with Crippen LogP contribution in [-0.2, 0) is 4.79 Å². The maximum absolute atomic E-state index is 12.7. The summed E-state index contributed by atoms with van der Waals surface area (Å²) in [6.45, 7) is 2.82. The first kappa shape index (κ1) is 24.7. The van der Waals surface area contributed by atoms with Crippen LogP contribution in [0.15, 0.2) is 80.8 Å². The van der Waals surface area contributed by atoms with Crippen LogP contribution in [0.3, 0.4) is 0 Å². The molecule has 36 heavy (non-hydrogen) atoms. The van der Waals surface area contributed by atoms with Gasteiger partial charge in [-0.05, 0) is 66.7 Å². The van der Waals surface area contributed by atoms with Gasteiger partial charge in [-0.3, -0.25) is 9.59 Å². The highest BCUT2D eigenvalue weighted by Crippen LogP contribution is 2.26. The molecule has 2 heterocycles. The van der Waals surface area contributed by atoms with Crippen molar-refractivity contribution in [2.24, 2.45) is 0 Å². The third kappa shape index (κ3) is 5.86. The van der Waals surface area contributed by atoms with E-state index in [-0.39, 0.29) is 17.6 Å². The molecule has 1 fully saturated rings. The van der Waals surface area contributed by atoms with Gasteiger partial charge in [0, 0.05) is 52.6 Å². The molecule has 184 valence electrons. The highest BCUT2D eigenvalue weighted by atomic mass is 79.9. The zero-order valence-corrected chi connectivity index (χ0v) is 22.3. The highest BCUT2D eigenvalue weighted by Gasteiger charge is 2.22. The molecule has 10 heteroatoms. The standard InChI is InChI=1S/C26H22BrClN4O3S/c27-18-3-1-17(2-4-18)25(34)32-13-11-31(12-14-32)21-8-6-20(7-9-21)29-24(33)16-36-26-30-22-15-19(28)5-10-23(22)35-26/h1-10,15H,11-14,16H2,(H,29,33). The Hall–Kier alpha value is -3.01. The number of benzene rings is 3. The van der Waals surface area contributed by atoms with Crippen LogP contribution in [0.5, 0.6) is 0 Å². The van der Waals surface area contributed by atoms with Gasteiger partial charge in [0.1, 0.15) is 5.52 Å². The van der Waals surface area contributed by atoms with Crippen LogP contribution in [0.4, 0.5) is 11.4 Å². The van der Waals surface area contributed by atoms with Crippen molar-refractivity contribution in [1.82, 2.24) is 9.88 Å². The van der Waals surface area contributed by atoms with Crippen LogP contribution in [0.25, 0.3) is 11.1 Å². The maximum atomic E-state index is 12.7. The minimum atomic E-state index is -0.145. The molecule has 5 rings (SSSR count). The summed E-state index contributed by atoms with van der Waals surface area (Å²) in [5, 5.41) is 3.92. The number of anilines is 2. The van der Waals surface area contributed by atoms with Gasteiger partial charge >= 0.3 is 0 Å². The van der Waals surface area contributed by atoms with Crippen molar-refractivity contribution in [3.63, 3.8) is 0 Å². The van der Waals surface area contributed by atoms with E-state index < -0.39 is 0 Å². The van der Waals surface area contributed by atoms with Crippen molar-refractivity contribution in [3.8, 4) is 0 Å². The quantitative estimate of drug-likeness (QED) is 0.282. The van der Waals surface area contributed by atoms with E-state index in [1.807, 2.05) is 53.4 Å². The number of carbonyl (C=O) groups is 2. The summed E-state index contributed by atoms with van der Waals surface area (Å²) in [6.07, 6.45) is 0. The number of piperazine rings is 1. The molecule has 2 amide bonds. The van der Waals surface area contributed by atoms with Gasteiger partial charge < -0.3 is 19.5 Å². The Labute approximate surface area is 225 Å². The van der Waals surface area contributed by atoms with E-state index in [0.29, 0.717) is 40.0 Å². The number of hydrogen-bond acceptors (Lipinski definition) is 6. The fourth-order valence-corrected chi connectivity index (χ4v) is 5.03. The SMILES string of the molecule is O=C(CSc1nc2cc(Cl)ccc2o1)Nc1ccc(N2CCN(C(=O)c3ccc(Br)cc3)CC2)cc1. The number of nitrogens with one attached hydrogen (secondary N) is 1. The second kappa shape index (κ2) is 10.9. The molecule has 7 nitrogen and oxygen atoms in total. The largest absolute Gasteiger partial charge is 0.431 e. The van der Waals surface area contributed by atoms with Gasteiger partial charge in [-0.2, -0.15) is 0 Å². The number of hydrogen-bond donors (Lipinski definition) is 1. The molecule has 0 unspecified atom stereocenters. The van der Waals surface area contributed by atoms with Crippen molar-refractivity contribution >= 4 is 73.6 Å². The van der Waals surface area contributed by atoms with Crippen molar-refractivity contribution < 1.29 is 14.0 Å². The van der Waals surface area contributed by atoms with Crippen molar-refractivity contribution in [1.29, 1.82) is 0 Å². The fourth-order valence-electron chi connectivity index (χ4n) is 3.96. The molecule has 1 N–H and O–H groups in total. The minimum Gasteiger partial charge on any atom is -0.431 e. The van der Waals surface area contributed by atoms with Crippen LogP contribution in [0.2, 0.25) is 5.02 Å². The van der Waals surface area contributed by atoms with Gasteiger partial charge in [-0.25, -0.2) is 4.98 Å². The number of halogens is 2. The van der Waals surface area contributed by atoms with E-state index >= 15 is 0 Å². The van der Waals surface area contributed by atoms with E-state index in [1.165, 1.54) is 11.8 Å². The second-order valence-electron chi connectivity index (χ2n) is 8.26. The third-order valence-corrected chi connectivity index (χ3v) is 7.42. The van der Waals surface area contributed by atoms with Gasteiger partial charge in [0.15, 0.2) is 5.58 Å². The summed E-state index contributed by atoms with van der Waals surface area (Å²) in [5.74, 6) is 0.0873. The number of aromatic nitrogens is 1. The lowest BCUT2D eigenvalue weighted by molar-refractivity contribution is -0.113. The maximum Gasteiger partial charge on any atom is 0.257 e. The summed E-state index contributed by atoms with van der Waals surface area (Å²) < 4.78 is 6.59. The lowest BCUT2D eigenvalue weighted by atomic mass is 10.1. The molecule has 1 aliphatic heterocycles. The molecule has 1 aromatic heterocycles. The van der Waals surface area contributed by atoms with Crippen LogP contribution >= 0.6 is 39.3 Å². The Kier molecular flexibility index (Phi) is 7.50. The van der Waals surface area contributed by atoms with E-state index in [1.54, 1.807) is 18.2 Å². The first-order valence-electron chi connectivity index (χ1n) is 11.3. The van der Waals surface area contributed by atoms with Crippen LogP contribution in [-0.4, -0.2) is 53.6 Å². The highest BCUT2D eigenvalue weighted by molar-refractivity contribution is 9.10. The third-order valence-electron chi connectivity index (χ3n) is 5.83. The topological polar surface area (TPSA) is 78.7 Å². The van der Waals surface area contributed by atoms with Crippen molar-refractivity contribution in [2.45, 2.75) is 5.22 Å². The average Bonchev–Trinajstić information content (AvgIpc) is 3.30. The predicted octanol–water partition coefficient (Wildman–Crippen LogP) is 5.94. The molecule has 0 spiro atoms. The zero-order valence-electron chi connectivity index (χ0n) is 19.1. The summed E-state index contributed by atoms with van der Waals surface area (Å²) in [4.78, 5) is 33.6. The summed E-state index contributed by atoms with van der Waals surface area (Å²) in [5.41, 5.74) is 3.78. The van der Waals surface area contributed by atoms with Gasteiger partial charge in [0.2, 0.25) is 5.91 Å². The summed E-state index contributed by atoms with van der Waals surface area (Å²) in [6, 6.07) is 20.4. The van der Waals surface area contributed by atoms with Crippen LogP contribution in [0, 0.1) is 0 Å². The smallest absolute Gasteiger partial charge is 0.257 e. The van der Waals surface area contributed by atoms with Gasteiger partial charge in [-0.1, -0.05) is 39.3 Å². The molecule has 0 atom stereocenters. The Morgan fingerprint density at radius 3 is 2.44 bits per heavy atom.